The Balaban J connectivity index is 2.03. The van der Waals surface area contributed by atoms with Crippen molar-refractivity contribution in [2.24, 2.45) is 5.92 Å². The van der Waals surface area contributed by atoms with E-state index in [1.807, 2.05) is 24.3 Å². The summed E-state index contributed by atoms with van der Waals surface area (Å²) in [6.07, 6.45) is 10.9. The maximum atomic E-state index is 11.6. The van der Waals surface area contributed by atoms with Gasteiger partial charge in [-0.1, -0.05) is 56.2 Å². The van der Waals surface area contributed by atoms with Crippen LogP contribution in [-0.2, 0) is 19.1 Å². The number of esters is 2. The number of aliphatic hydroxyl groups is 1. The predicted octanol–water partition coefficient (Wildman–Crippen LogP) is 6.23. The fraction of sp³-hybridized carbons (Fsp3) is 0.630. The molecule has 0 radical (unpaired) electrons. The quantitative estimate of drug-likeness (QED) is 0.157. The molecule has 1 fully saturated rings. The van der Waals surface area contributed by atoms with Crippen molar-refractivity contribution in [2.75, 3.05) is 7.11 Å². The second kappa shape index (κ2) is 14.4. The van der Waals surface area contributed by atoms with Crippen molar-refractivity contribution in [1.82, 2.24) is 0 Å². The standard InChI is InChI=1S/C27H39ClO5/c1-4-5-8-12-25(33-19(2)29)20-14-16-21(17-15-20)27-22(23(28)18-24(27)30)11-9-6-7-10-13-26(31)32-3/h6,9,14-17,22-25,27,30H,4-5,7-8,10-13,18H2,1-3H3/t22-,23+,24+,25?,27+/m0/s1. The van der Waals surface area contributed by atoms with Gasteiger partial charge in [-0.05, 0) is 55.6 Å². The van der Waals surface area contributed by atoms with E-state index in [0.717, 1.165) is 56.1 Å². The summed E-state index contributed by atoms with van der Waals surface area (Å²) in [4.78, 5) is 22.8. The van der Waals surface area contributed by atoms with Crippen LogP contribution < -0.4 is 0 Å². The third-order valence-electron chi connectivity index (χ3n) is 6.43. The smallest absolute Gasteiger partial charge is 0.305 e. The van der Waals surface area contributed by atoms with Gasteiger partial charge in [-0.3, -0.25) is 9.59 Å². The van der Waals surface area contributed by atoms with Crippen LogP contribution in [0.1, 0.15) is 94.8 Å². The predicted molar refractivity (Wildman–Crippen MR) is 131 cm³/mol. The number of alkyl halides is 1. The summed E-state index contributed by atoms with van der Waals surface area (Å²) in [5.74, 6) is -0.352. The van der Waals surface area contributed by atoms with Crippen molar-refractivity contribution >= 4 is 23.5 Å². The minimum atomic E-state index is -0.482. The van der Waals surface area contributed by atoms with Gasteiger partial charge in [0.15, 0.2) is 0 Å². The van der Waals surface area contributed by atoms with Crippen molar-refractivity contribution in [3.05, 3.63) is 47.5 Å². The van der Waals surface area contributed by atoms with E-state index in [0.29, 0.717) is 12.8 Å². The summed E-state index contributed by atoms with van der Waals surface area (Å²) >= 11 is 6.62. The molecular weight excluding hydrogens is 440 g/mol. The molecule has 0 aromatic heterocycles. The second-order valence-electron chi connectivity index (χ2n) is 8.94. The number of halogens is 1. The first kappa shape index (κ1) is 27.4. The van der Waals surface area contributed by atoms with Gasteiger partial charge < -0.3 is 14.6 Å². The number of ether oxygens (including phenoxy) is 2. The molecule has 0 bridgehead atoms. The first-order valence-corrected chi connectivity index (χ1v) is 12.6. The largest absolute Gasteiger partial charge is 0.469 e. The van der Waals surface area contributed by atoms with E-state index in [4.69, 9.17) is 16.3 Å². The minimum absolute atomic E-state index is 0.0338. The van der Waals surface area contributed by atoms with Crippen LogP contribution in [0, 0.1) is 5.92 Å². The lowest BCUT2D eigenvalue weighted by molar-refractivity contribution is -0.147. The lowest BCUT2D eigenvalue weighted by Gasteiger charge is -2.24. The normalized spacial score (nSPS) is 23.5. The summed E-state index contributed by atoms with van der Waals surface area (Å²) in [5.41, 5.74) is 2.05. The fourth-order valence-electron chi connectivity index (χ4n) is 4.67. The van der Waals surface area contributed by atoms with Gasteiger partial charge in [-0.2, -0.15) is 0 Å². The van der Waals surface area contributed by atoms with Crippen LogP contribution in [0.15, 0.2) is 36.4 Å². The lowest BCUT2D eigenvalue weighted by atomic mass is 9.84. The highest BCUT2D eigenvalue weighted by molar-refractivity contribution is 6.21. The highest BCUT2D eigenvalue weighted by Gasteiger charge is 2.41. The molecule has 1 aromatic carbocycles. The highest BCUT2D eigenvalue weighted by atomic mass is 35.5. The molecule has 0 aliphatic heterocycles. The molecular formula is C27H39ClO5. The molecule has 1 aliphatic rings. The van der Waals surface area contributed by atoms with Crippen LogP contribution in [0.4, 0.5) is 0 Å². The SMILES string of the molecule is CCCCCC(OC(C)=O)c1ccc([C@@H]2[C@@H](CC=CCCCC(=O)OC)[C@H](Cl)C[C@H]2O)cc1. The number of rotatable bonds is 13. The van der Waals surface area contributed by atoms with E-state index < -0.39 is 6.10 Å². The summed E-state index contributed by atoms with van der Waals surface area (Å²) in [6, 6.07) is 8.12. The minimum Gasteiger partial charge on any atom is -0.469 e. The van der Waals surface area contributed by atoms with Crippen molar-refractivity contribution < 1.29 is 24.2 Å². The van der Waals surface area contributed by atoms with Crippen LogP contribution in [0.25, 0.3) is 0 Å². The number of hydrogen-bond acceptors (Lipinski definition) is 5. The summed E-state index contributed by atoms with van der Waals surface area (Å²) < 4.78 is 10.2. The monoisotopic (exact) mass is 478 g/mol. The molecule has 0 saturated heterocycles. The molecule has 5 nitrogen and oxygen atoms in total. The number of carbonyl (C=O) groups excluding carboxylic acids is 2. The molecule has 0 spiro atoms. The van der Waals surface area contributed by atoms with Crippen LogP contribution in [0.3, 0.4) is 0 Å². The second-order valence-corrected chi connectivity index (χ2v) is 9.51. The molecule has 0 amide bonds. The number of methoxy groups -OCH3 is 1. The van der Waals surface area contributed by atoms with Crippen molar-refractivity contribution in [2.45, 2.75) is 95.1 Å². The average Bonchev–Trinajstić information content (AvgIpc) is 3.07. The molecule has 1 saturated carbocycles. The van der Waals surface area contributed by atoms with E-state index in [2.05, 4.69) is 23.8 Å². The van der Waals surface area contributed by atoms with Crippen LogP contribution >= 0.6 is 11.6 Å². The topological polar surface area (TPSA) is 72.8 Å². The molecule has 1 unspecified atom stereocenters. The van der Waals surface area contributed by atoms with E-state index >= 15 is 0 Å². The van der Waals surface area contributed by atoms with Crippen molar-refractivity contribution in [3.8, 4) is 0 Å². The number of carbonyl (C=O) groups is 2. The fourth-order valence-corrected chi connectivity index (χ4v) is 5.11. The van der Waals surface area contributed by atoms with Crippen LogP contribution in [0.2, 0.25) is 0 Å². The zero-order chi connectivity index (χ0) is 24.2. The third-order valence-corrected chi connectivity index (χ3v) is 6.93. The maximum Gasteiger partial charge on any atom is 0.305 e. The third kappa shape index (κ3) is 8.78. The first-order chi connectivity index (χ1) is 15.9. The number of hydrogen-bond donors (Lipinski definition) is 1. The van der Waals surface area contributed by atoms with Gasteiger partial charge in [0.2, 0.25) is 0 Å². The van der Waals surface area contributed by atoms with Crippen LogP contribution in [-0.4, -0.2) is 35.6 Å². The first-order valence-electron chi connectivity index (χ1n) is 12.2. The zero-order valence-corrected chi connectivity index (χ0v) is 20.9. The number of benzene rings is 1. The number of allylic oxidation sites excluding steroid dienone is 2. The van der Waals surface area contributed by atoms with Gasteiger partial charge >= 0.3 is 11.9 Å². The van der Waals surface area contributed by atoms with Gasteiger partial charge in [-0.25, -0.2) is 0 Å². The Labute approximate surface area is 203 Å². The summed E-state index contributed by atoms with van der Waals surface area (Å²) in [7, 11) is 1.40. The molecule has 33 heavy (non-hydrogen) atoms. The molecule has 0 heterocycles. The van der Waals surface area contributed by atoms with Crippen molar-refractivity contribution in [1.29, 1.82) is 0 Å². The highest BCUT2D eigenvalue weighted by Crippen LogP contribution is 2.45. The molecule has 6 heteroatoms. The van der Waals surface area contributed by atoms with Gasteiger partial charge in [0.05, 0.1) is 13.2 Å². The molecule has 1 aromatic rings. The molecule has 5 atom stereocenters. The van der Waals surface area contributed by atoms with E-state index in [-0.39, 0.29) is 35.3 Å². The maximum absolute atomic E-state index is 11.6. The molecule has 1 aliphatic carbocycles. The lowest BCUT2D eigenvalue weighted by Crippen LogP contribution is -2.18. The van der Waals surface area contributed by atoms with Gasteiger partial charge in [0, 0.05) is 24.6 Å². The average molecular weight is 479 g/mol. The molecule has 1 N–H and O–H groups in total. The summed E-state index contributed by atoms with van der Waals surface area (Å²) in [6.45, 7) is 3.60. The van der Waals surface area contributed by atoms with Gasteiger partial charge in [0.1, 0.15) is 6.10 Å². The Morgan fingerprint density at radius 2 is 1.91 bits per heavy atom. The molecule has 184 valence electrons. The van der Waals surface area contributed by atoms with E-state index in [1.165, 1.54) is 14.0 Å². The Kier molecular flexibility index (Phi) is 12.0. The Hall–Kier alpha value is -1.85. The zero-order valence-electron chi connectivity index (χ0n) is 20.2. The number of aliphatic hydroxyl groups excluding tert-OH is 1. The van der Waals surface area contributed by atoms with Gasteiger partial charge in [-0.15, -0.1) is 11.6 Å². The van der Waals surface area contributed by atoms with Gasteiger partial charge in [0.25, 0.3) is 0 Å². The molecule has 2 rings (SSSR count). The Morgan fingerprint density at radius 1 is 1.18 bits per heavy atom. The van der Waals surface area contributed by atoms with Crippen molar-refractivity contribution in [3.63, 3.8) is 0 Å². The Bertz CT molecular complexity index is 760. The summed E-state index contributed by atoms with van der Waals surface area (Å²) in [5, 5.41) is 10.6. The Morgan fingerprint density at radius 3 is 2.55 bits per heavy atom. The van der Waals surface area contributed by atoms with Crippen LogP contribution in [0.5, 0.6) is 0 Å². The van der Waals surface area contributed by atoms with E-state index in [9.17, 15) is 14.7 Å². The van der Waals surface area contributed by atoms with E-state index in [1.54, 1.807) is 0 Å². The number of unbranched alkanes of at least 4 members (excludes halogenated alkanes) is 3.